The van der Waals surface area contributed by atoms with Gasteiger partial charge in [0.2, 0.25) is 0 Å². The number of morpholine rings is 1. The van der Waals surface area contributed by atoms with Crippen molar-refractivity contribution in [2.45, 2.75) is 19.9 Å². The summed E-state index contributed by atoms with van der Waals surface area (Å²) >= 11 is 1.81. The summed E-state index contributed by atoms with van der Waals surface area (Å²) < 4.78 is 5.42. The van der Waals surface area contributed by atoms with Crippen LogP contribution in [0.15, 0.2) is 35.7 Å². The first-order valence-corrected chi connectivity index (χ1v) is 8.09. The molecule has 0 radical (unpaired) electrons. The molecule has 0 spiro atoms. The lowest BCUT2D eigenvalue weighted by molar-refractivity contribution is 0.0198. The Morgan fingerprint density at radius 1 is 1.10 bits per heavy atom. The number of nitrogens with zero attached hydrogens (tertiary/aromatic N) is 1. The zero-order valence-corrected chi connectivity index (χ0v) is 13.0. The first-order chi connectivity index (χ1) is 9.74. The maximum absolute atomic E-state index is 5.42. The van der Waals surface area contributed by atoms with Crippen LogP contribution in [-0.4, -0.2) is 31.2 Å². The van der Waals surface area contributed by atoms with Crippen LogP contribution >= 0.6 is 11.3 Å². The first-order valence-electron chi connectivity index (χ1n) is 7.21. The van der Waals surface area contributed by atoms with Gasteiger partial charge in [0.1, 0.15) is 0 Å². The Hall–Kier alpha value is -1.16. The van der Waals surface area contributed by atoms with Gasteiger partial charge in [0.25, 0.3) is 0 Å². The first kappa shape index (κ1) is 13.8. The van der Waals surface area contributed by atoms with Crippen LogP contribution in [0.3, 0.4) is 0 Å². The van der Waals surface area contributed by atoms with E-state index >= 15 is 0 Å². The SMILES string of the molecule is Cc1cc(-c2ccc(C(C)N3CCOCC3)cc2)cs1. The smallest absolute Gasteiger partial charge is 0.0594 e. The lowest BCUT2D eigenvalue weighted by Crippen LogP contribution is -2.37. The van der Waals surface area contributed by atoms with E-state index in [4.69, 9.17) is 4.74 Å². The third kappa shape index (κ3) is 2.95. The van der Waals surface area contributed by atoms with Crippen molar-refractivity contribution in [1.82, 2.24) is 4.90 Å². The van der Waals surface area contributed by atoms with E-state index < -0.39 is 0 Å². The average Bonchev–Trinajstić information content (AvgIpc) is 2.94. The van der Waals surface area contributed by atoms with Gasteiger partial charge >= 0.3 is 0 Å². The van der Waals surface area contributed by atoms with Crippen LogP contribution < -0.4 is 0 Å². The Labute approximate surface area is 125 Å². The molecule has 0 saturated carbocycles. The number of hydrogen-bond donors (Lipinski definition) is 0. The highest BCUT2D eigenvalue weighted by atomic mass is 32.1. The van der Waals surface area contributed by atoms with Gasteiger partial charge in [0, 0.05) is 24.0 Å². The quantitative estimate of drug-likeness (QED) is 0.842. The van der Waals surface area contributed by atoms with E-state index in [0.29, 0.717) is 6.04 Å². The summed E-state index contributed by atoms with van der Waals surface area (Å²) in [6.07, 6.45) is 0. The highest BCUT2D eigenvalue weighted by Crippen LogP contribution is 2.28. The molecule has 1 saturated heterocycles. The van der Waals surface area contributed by atoms with Crippen molar-refractivity contribution in [3.8, 4) is 11.1 Å². The van der Waals surface area contributed by atoms with E-state index in [9.17, 15) is 0 Å². The molecule has 1 aromatic carbocycles. The van der Waals surface area contributed by atoms with Crippen molar-refractivity contribution in [1.29, 1.82) is 0 Å². The van der Waals surface area contributed by atoms with Crippen molar-refractivity contribution in [2.75, 3.05) is 26.3 Å². The fourth-order valence-corrected chi connectivity index (χ4v) is 3.44. The van der Waals surface area contributed by atoms with Crippen molar-refractivity contribution in [2.24, 2.45) is 0 Å². The third-order valence-corrected chi connectivity index (χ3v) is 4.91. The minimum absolute atomic E-state index is 0.470. The predicted octanol–water partition coefficient (Wildman–Crippen LogP) is 4.12. The van der Waals surface area contributed by atoms with Crippen LogP contribution in [0.5, 0.6) is 0 Å². The Balaban J connectivity index is 1.75. The summed E-state index contributed by atoms with van der Waals surface area (Å²) in [6, 6.07) is 11.7. The largest absolute Gasteiger partial charge is 0.379 e. The lowest BCUT2D eigenvalue weighted by Gasteiger charge is -2.32. The van der Waals surface area contributed by atoms with Crippen LogP contribution in [0.4, 0.5) is 0 Å². The van der Waals surface area contributed by atoms with Gasteiger partial charge in [0.05, 0.1) is 13.2 Å². The fraction of sp³-hybridized carbons (Fsp3) is 0.412. The standard InChI is InChI=1S/C17H21NOS/c1-13-11-17(12-20-13)16-5-3-15(4-6-16)14(2)18-7-9-19-10-8-18/h3-6,11-12,14H,7-10H2,1-2H3. The summed E-state index contributed by atoms with van der Waals surface area (Å²) in [5.41, 5.74) is 4.04. The van der Waals surface area contributed by atoms with Crippen molar-refractivity contribution in [3.05, 3.63) is 46.2 Å². The second-order valence-electron chi connectivity index (χ2n) is 5.39. The zero-order valence-electron chi connectivity index (χ0n) is 12.1. The number of thiophene rings is 1. The molecule has 0 N–H and O–H groups in total. The van der Waals surface area contributed by atoms with E-state index in [1.54, 1.807) is 0 Å². The van der Waals surface area contributed by atoms with Gasteiger partial charge < -0.3 is 4.74 Å². The summed E-state index contributed by atoms with van der Waals surface area (Å²) in [4.78, 5) is 3.86. The molecule has 1 aliphatic rings. The van der Waals surface area contributed by atoms with Gasteiger partial charge in [-0.2, -0.15) is 0 Å². The van der Waals surface area contributed by atoms with Gasteiger partial charge in [-0.25, -0.2) is 0 Å². The molecule has 1 unspecified atom stereocenters. The zero-order chi connectivity index (χ0) is 13.9. The molecule has 1 aromatic heterocycles. The average molecular weight is 287 g/mol. The molecule has 1 aliphatic heterocycles. The van der Waals surface area contributed by atoms with Crippen LogP contribution in [0.2, 0.25) is 0 Å². The number of rotatable bonds is 3. The second kappa shape index (κ2) is 6.08. The highest BCUT2D eigenvalue weighted by molar-refractivity contribution is 7.10. The van der Waals surface area contributed by atoms with E-state index in [-0.39, 0.29) is 0 Å². The second-order valence-corrected chi connectivity index (χ2v) is 6.51. The maximum Gasteiger partial charge on any atom is 0.0594 e. The molecule has 3 heteroatoms. The van der Waals surface area contributed by atoms with Crippen molar-refractivity contribution >= 4 is 11.3 Å². The molecule has 2 nitrogen and oxygen atoms in total. The third-order valence-electron chi connectivity index (χ3n) is 4.05. The van der Waals surface area contributed by atoms with Gasteiger partial charge in [-0.15, -0.1) is 11.3 Å². The summed E-state index contributed by atoms with van der Waals surface area (Å²) in [7, 11) is 0. The Bertz CT molecular complexity index is 555. The topological polar surface area (TPSA) is 12.5 Å². The summed E-state index contributed by atoms with van der Waals surface area (Å²) in [5, 5.41) is 2.23. The molecule has 0 bridgehead atoms. The van der Waals surface area contributed by atoms with Gasteiger partial charge in [-0.1, -0.05) is 24.3 Å². The lowest BCUT2D eigenvalue weighted by atomic mass is 10.0. The number of aryl methyl sites for hydroxylation is 1. The number of benzene rings is 1. The Morgan fingerprint density at radius 3 is 2.40 bits per heavy atom. The fourth-order valence-electron chi connectivity index (χ4n) is 2.72. The normalized spacial score (nSPS) is 18.1. The highest BCUT2D eigenvalue weighted by Gasteiger charge is 2.18. The molecule has 1 atom stereocenters. The molecule has 0 amide bonds. The number of ether oxygens (including phenoxy) is 1. The summed E-state index contributed by atoms with van der Waals surface area (Å²) in [5.74, 6) is 0. The molecular weight excluding hydrogens is 266 g/mol. The molecule has 0 aliphatic carbocycles. The molecular formula is C17H21NOS. The monoisotopic (exact) mass is 287 g/mol. The van der Waals surface area contributed by atoms with E-state index in [1.165, 1.54) is 21.6 Å². The molecule has 20 heavy (non-hydrogen) atoms. The van der Waals surface area contributed by atoms with Gasteiger partial charge in [-0.3, -0.25) is 4.90 Å². The summed E-state index contributed by atoms with van der Waals surface area (Å²) in [6.45, 7) is 8.23. The van der Waals surface area contributed by atoms with E-state index in [1.807, 2.05) is 11.3 Å². The molecule has 106 valence electrons. The van der Waals surface area contributed by atoms with Crippen LogP contribution in [0.1, 0.15) is 23.4 Å². The predicted molar refractivity (Wildman–Crippen MR) is 85.3 cm³/mol. The Morgan fingerprint density at radius 2 is 1.80 bits per heavy atom. The van der Waals surface area contributed by atoms with Crippen LogP contribution in [-0.2, 0) is 4.74 Å². The molecule has 1 fully saturated rings. The van der Waals surface area contributed by atoms with Crippen molar-refractivity contribution < 1.29 is 4.74 Å². The minimum atomic E-state index is 0.470. The van der Waals surface area contributed by atoms with Crippen LogP contribution in [0.25, 0.3) is 11.1 Å². The minimum Gasteiger partial charge on any atom is -0.379 e. The number of hydrogen-bond acceptors (Lipinski definition) is 3. The van der Waals surface area contributed by atoms with Crippen LogP contribution in [0, 0.1) is 6.92 Å². The Kier molecular flexibility index (Phi) is 4.20. The van der Waals surface area contributed by atoms with Crippen molar-refractivity contribution in [3.63, 3.8) is 0 Å². The van der Waals surface area contributed by atoms with Gasteiger partial charge in [-0.05, 0) is 42.0 Å². The van der Waals surface area contributed by atoms with E-state index in [2.05, 4.69) is 54.5 Å². The van der Waals surface area contributed by atoms with Gasteiger partial charge in [0.15, 0.2) is 0 Å². The molecule has 2 aromatic rings. The molecule has 2 heterocycles. The maximum atomic E-state index is 5.42. The molecule has 3 rings (SSSR count). The van der Waals surface area contributed by atoms with E-state index in [0.717, 1.165) is 26.3 Å².